The second-order valence-electron chi connectivity index (χ2n) is 16.3. The van der Waals surface area contributed by atoms with Crippen molar-refractivity contribution in [3.05, 3.63) is 59.7 Å². The number of nitrogens with zero attached hydrogens (tertiary/aromatic N) is 9. The number of benzene rings is 2. The van der Waals surface area contributed by atoms with E-state index in [1.807, 2.05) is 30.1 Å². The van der Waals surface area contributed by atoms with E-state index in [2.05, 4.69) is 85.0 Å². The average molecular weight is 878 g/mol. The van der Waals surface area contributed by atoms with Crippen molar-refractivity contribution in [2.24, 2.45) is 12.5 Å². The lowest BCUT2D eigenvalue weighted by Crippen LogP contribution is -2.63. The number of nitrogens with one attached hydrogen (secondary N) is 3. The number of fused-ring (bicyclic) bond motifs is 1. The molecule has 4 fully saturated rings. The van der Waals surface area contributed by atoms with Crippen molar-refractivity contribution in [3.63, 3.8) is 0 Å². The smallest absolute Gasteiger partial charge is 0.229 e. The highest BCUT2D eigenvalue weighted by Gasteiger charge is 2.49. The molecule has 1 spiro atoms. The first-order valence-electron chi connectivity index (χ1n) is 19.6. The number of aromatic nitrogens is 6. The summed E-state index contributed by atoms with van der Waals surface area (Å²) in [7, 11) is 0.865. The second-order valence-corrected chi connectivity index (χ2v) is 20.3. The van der Waals surface area contributed by atoms with Gasteiger partial charge in [-0.2, -0.15) is 10.1 Å². The molecule has 4 aliphatic rings. The largest absolute Gasteiger partial charge is 0.494 e. The van der Waals surface area contributed by atoms with E-state index in [0.29, 0.717) is 55.5 Å². The number of anilines is 5. The highest BCUT2D eigenvalue weighted by Crippen LogP contribution is 2.51. The van der Waals surface area contributed by atoms with Crippen LogP contribution in [-0.4, -0.2) is 124 Å². The van der Waals surface area contributed by atoms with Gasteiger partial charge >= 0.3 is 0 Å². The molecule has 0 radical (unpaired) electrons. The normalized spacial score (nSPS) is 19.2. The van der Waals surface area contributed by atoms with E-state index in [0.717, 1.165) is 54.7 Å². The van der Waals surface area contributed by atoms with Crippen LogP contribution in [0.25, 0.3) is 22.2 Å². The van der Waals surface area contributed by atoms with Crippen LogP contribution in [0.2, 0.25) is 0 Å². The summed E-state index contributed by atoms with van der Waals surface area (Å²) in [6, 6.07) is 9.45. The maximum Gasteiger partial charge on any atom is 0.229 e. The Labute approximate surface area is 348 Å². The van der Waals surface area contributed by atoms with Crippen LogP contribution in [0.1, 0.15) is 25.7 Å². The molecule has 9 rings (SSSR count). The highest BCUT2D eigenvalue weighted by atomic mass is 79.9. The van der Waals surface area contributed by atoms with Crippen LogP contribution >= 0.6 is 35.5 Å². The molecule has 17 heteroatoms. The van der Waals surface area contributed by atoms with Crippen LogP contribution in [0.3, 0.4) is 0 Å². The van der Waals surface area contributed by atoms with Crippen LogP contribution in [0.5, 0.6) is 5.75 Å². The predicted octanol–water partition coefficient (Wildman–Crippen LogP) is 6.09. The molecule has 2 aromatic carbocycles. The monoisotopic (exact) mass is 876 g/mol. The van der Waals surface area contributed by atoms with Gasteiger partial charge in [-0.3, -0.25) is 24.4 Å². The van der Waals surface area contributed by atoms with Crippen molar-refractivity contribution >= 4 is 80.6 Å². The van der Waals surface area contributed by atoms with E-state index < -0.39 is 7.14 Å². The Hall–Kier alpha value is -3.85. The first-order chi connectivity index (χ1) is 27.1. The molecule has 302 valence electrons. The summed E-state index contributed by atoms with van der Waals surface area (Å²) < 4.78 is 22.1. The van der Waals surface area contributed by atoms with Gasteiger partial charge in [0.05, 0.1) is 40.0 Å². The van der Waals surface area contributed by atoms with Crippen molar-refractivity contribution in [3.8, 4) is 16.9 Å². The van der Waals surface area contributed by atoms with Gasteiger partial charge in [-0.1, -0.05) is 0 Å². The van der Waals surface area contributed by atoms with Gasteiger partial charge in [0.2, 0.25) is 5.95 Å². The summed E-state index contributed by atoms with van der Waals surface area (Å²) in [6.45, 7) is 12.4. The van der Waals surface area contributed by atoms with E-state index in [4.69, 9.17) is 9.72 Å². The minimum atomic E-state index is -2.77. The zero-order valence-electron chi connectivity index (χ0n) is 32.9. The van der Waals surface area contributed by atoms with Gasteiger partial charge in [0, 0.05) is 106 Å². The summed E-state index contributed by atoms with van der Waals surface area (Å²) in [5, 5.41) is 15.4. The van der Waals surface area contributed by atoms with Gasteiger partial charge < -0.3 is 30.2 Å². The highest BCUT2D eigenvalue weighted by molar-refractivity contribution is 9.10. The number of hydrogen-bond donors (Lipinski definition) is 3. The van der Waals surface area contributed by atoms with E-state index >= 15 is 0 Å². The molecule has 5 aromatic rings. The SMILES string of the molecule is COc1cc(N2CCN(C3CC4(CCN(C5CNC5)CC4)C3)CC2)c(-c2cnn(C)c2)cc1Nc1ncc(Br)c(Nc2ccc3nccnc3c2P(C)(C)=O)n1.Cl. The summed E-state index contributed by atoms with van der Waals surface area (Å²) in [5.41, 5.74) is 6.44. The number of halogens is 2. The molecule has 3 aromatic heterocycles. The predicted molar refractivity (Wildman–Crippen MR) is 234 cm³/mol. The molecule has 1 saturated carbocycles. The summed E-state index contributed by atoms with van der Waals surface area (Å²) in [5.74, 6) is 1.57. The van der Waals surface area contributed by atoms with Crippen LogP contribution in [-0.2, 0) is 11.6 Å². The Morgan fingerprint density at radius 2 is 1.65 bits per heavy atom. The molecular formula is C40H51BrClN12O2P. The third-order valence-corrected chi connectivity index (χ3v) is 14.5. The van der Waals surface area contributed by atoms with Gasteiger partial charge in [-0.25, -0.2) is 4.98 Å². The summed E-state index contributed by atoms with van der Waals surface area (Å²) >= 11 is 3.62. The Kier molecular flexibility index (Phi) is 11.3. The molecule has 0 unspecified atom stereocenters. The number of piperazine rings is 1. The fourth-order valence-corrected chi connectivity index (χ4v) is 10.8. The van der Waals surface area contributed by atoms with Crippen molar-refractivity contribution < 1.29 is 9.30 Å². The van der Waals surface area contributed by atoms with Crippen molar-refractivity contribution in [1.82, 2.24) is 44.8 Å². The maximum absolute atomic E-state index is 13.6. The Bertz CT molecular complexity index is 2290. The summed E-state index contributed by atoms with van der Waals surface area (Å²) in [6.07, 6.45) is 14.3. The van der Waals surface area contributed by atoms with E-state index in [-0.39, 0.29) is 12.4 Å². The Morgan fingerprint density at radius 1 is 0.912 bits per heavy atom. The number of methoxy groups -OCH3 is 1. The molecule has 6 heterocycles. The molecule has 0 atom stereocenters. The minimum absolute atomic E-state index is 0. The van der Waals surface area contributed by atoms with Gasteiger partial charge in [0.1, 0.15) is 24.2 Å². The first-order valence-corrected chi connectivity index (χ1v) is 23.0. The van der Waals surface area contributed by atoms with E-state index in [1.54, 1.807) is 39.0 Å². The lowest BCUT2D eigenvalue weighted by Gasteiger charge is -2.57. The quantitative estimate of drug-likeness (QED) is 0.140. The molecule has 1 aliphatic carbocycles. The first kappa shape index (κ1) is 40.0. The van der Waals surface area contributed by atoms with Crippen LogP contribution in [0.4, 0.5) is 28.8 Å². The average Bonchev–Trinajstić information content (AvgIpc) is 3.60. The van der Waals surface area contributed by atoms with Gasteiger partial charge in [0.15, 0.2) is 0 Å². The minimum Gasteiger partial charge on any atom is -0.494 e. The standard InChI is InChI=1S/C40H50BrN12O2P.ClH/c1-50-25-26(21-46-50)29-17-33(48-39-45-24-30(41)38(49-39)47-32-6-5-31-36(44-10-9-43-31)37(32)56(3,4)54)35(55-2)18-34(29)53-15-13-52(14-16-53)27-19-40(20-27)7-11-51(12-8-40)28-22-42-23-28;/h5-6,9-10,17-18,21,24-25,27-28,42H,7-8,11-16,19-20,22-23H2,1-4H3,(H2,45,47,48,49);1H. The number of rotatable bonds is 10. The zero-order chi connectivity index (χ0) is 38.6. The fourth-order valence-electron chi connectivity index (χ4n) is 9.15. The van der Waals surface area contributed by atoms with Crippen molar-refractivity contribution in [1.29, 1.82) is 0 Å². The maximum atomic E-state index is 13.6. The lowest BCUT2D eigenvalue weighted by atomic mass is 9.59. The Morgan fingerprint density at radius 3 is 2.32 bits per heavy atom. The molecule has 0 amide bonds. The van der Waals surface area contributed by atoms with Crippen molar-refractivity contribution in [2.45, 2.75) is 37.8 Å². The molecule has 57 heavy (non-hydrogen) atoms. The third-order valence-electron chi connectivity index (χ3n) is 12.4. The topological polar surface area (TPSA) is 141 Å². The molecule has 14 nitrogen and oxygen atoms in total. The molecule has 3 saturated heterocycles. The van der Waals surface area contributed by atoms with E-state index in [9.17, 15) is 4.57 Å². The molecule has 3 N–H and O–H groups in total. The number of ether oxygens (including phenoxy) is 1. The fraction of sp³-hybridized carbons (Fsp3) is 0.475. The van der Waals surface area contributed by atoms with Crippen LogP contribution < -0.4 is 30.9 Å². The van der Waals surface area contributed by atoms with Crippen LogP contribution in [0.15, 0.2) is 59.7 Å². The van der Waals surface area contributed by atoms with Gasteiger partial charge in [-0.15, -0.1) is 12.4 Å². The number of piperidine rings is 1. The molecule has 0 bridgehead atoms. The van der Waals surface area contributed by atoms with Gasteiger partial charge in [-0.05, 0) is 91.6 Å². The second kappa shape index (κ2) is 16.1. The summed E-state index contributed by atoms with van der Waals surface area (Å²) in [4.78, 5) is 26.4. The number of likely N-dealkylation sites (tertiary alicyclic amines) is 1. The number of aryl methyl sites for hydroxylation is 1. The number of hydrogen-bond acceptors (Lipinski definition) is 13. The molecule has 3 aliphatic heterocycles. The zero-order valence-corrected chi connectivity index (χ0v) is 36.2. The van der Waals surface area contributed by atoms with Crippen molar-refractivity contribution in [2.75, 3.05) is 88.3 Å². The molecular weight excluding hydrogens is 827 g/mol. The Balaban J connectivity index is 0.00000455. The lowest BCUT2D eigenvalue weighted by molar-refractivity contribution is -0.0546. The third kappa shape index (κ3) is 7.99. The van der Waals surface area contributed by atoms with Gasteiger partial charge in [0.25, 0.3) is 0 Å². The van der Waals surface area contributed by atoms with Crippen LogP contribution in [0, 0.1) is 5.41 Å². The van der Waals surface area contributed by atoms with E-state index in [1.165, 1.54) is 51.9 Å².